The molecule has 0 saturated carbocycles. The molecule has 3 aliphatic heterocycles. The molecule has 0 atom stereocenters. The van der Waals surface area contributed by atoms with Crippen molar-refractivity contribution in [2.45, 2.75) is 44.8 Å². The highest BCUT2D eigenvalue weighted by atomic mass is 16.5. The number of urea groups is 1. The van der Waals surface area contributed by atoms with E-state index >= 15 is 0 Å². The van der Waals surface area contributed by atoms with Gasteiger partial charge >= 0.3 is 6.03 Å². The Morgan fingerprint density at radius 3 is 2.74 bits per heavy atom. The van der Waals surface area contributed by atoms with Crippen LogP contribution in [0.25, 0.3) is 11.3 Å². The quantitative estimate of drug-likeness (QED) is 0.630. The topological polar surface area (TPSA) is 80.5 Å². The van der Waals surface area contributed by atoms with Crippen molar-refractivity contribution in [3.8, 4) is 11.3 Å². The van der Waals surface area contributed by atoms with Crippen molar-refractivity contribution < 1.29 is 9.53 Å². The minimum Gasteiger partial charge on any atom is -0.381 e. The SMILES string of the molecule is CNC(=O)N1CCc2c(c(-c3cccc4c3CCN(c3cnn(C)c3)C4)nn2C2CCOCC2)C1. The van der Waals surface area contributed by atoms with Crippen LogP contribution in [0.3, 0.4) is 0 Å². The fourth-order valence-electron chi connectivity index (χ4n) is 5.85. The highest BCUT2D eigenvalue weighted by Gasteiger charge is 2.32. The lowest BCUT2D eigenvalue weighted by molar-refractivity contribution is 0.0651. The first kappa shape index (κ1) is 22.2. The molecular weight excluding hydrogens is 442 g/mol. The second kappa shape index (κ2) is 9.03. The number of anilines is 1. The predicted molar refractivity (Wildman–Crippen MR) is 133 cm³/mol. The van der Waals surface area contributed by atoms with Crippen LogP contribution in [0.2, 0.25) is 0 Å². The molecule has 2 amide bonds. The van der Waals surface area contributed by atoms with Gasteiger partial charge in [0.05, 0.1) is 30.2 Å². The van der Waals surface area contributed by atoms with Crippen molar-refractivity contribution >= 4 is 11.7 Å². The maximum absolute atomic E-state index is 12.5. The molecule has 0 unspecified atom stereocenters. The first-order valence-electron chi connectivity index (χ1n) is 12.6. The summed E-state index contributed by atoms with van der Waals surface area (Å²) >= 11 is 0. The number of nitrogens with one attached hydrogen (secondary N) is 1. The Bertz CT molecular complexity index is 1240. The van der Waals surface area contributed by atoms with Gasteiger partial charge in [0, 0.05) is 76.4 Å². The van der Waals surface area contributed by atoms with Gasteiger partial charge in [0.15, 0.2) is 0 Å². The third kappa shape index (κ3) is 3.97. The van der Waals surface area contributed by atoms with Gasteiger partial charge in [0.2, 0.25) is 0 Å². The number of benzene rings is 1. The summed E-state index contributed by atoms with van der Waals surface area (Å²) in [7, 11) is 3.66. The number of amides is 2. The van der Waals surface area contributed by atoms with Gasteiger partial charge in [0.25, 0.3) is 0 Å². The number of rotatable bonds is 3. The van der Waals surface area contributed by atoms with E-state index in [0.29, 0.717) is 19.1 Å². The summed E-state index contributed by atoms with van der Waals surface area (Å²) in [5.74, 6) is 0. The Labute approximate surface area is 205 Å². The van der Waals surface area contributed by atoms with Gasteiger partial charge in [-0.2, -0.15) is 10.2 Å². The number of carbonyl (C=O) groups excluding carboxylic acids is 1. The molecule has 3 aromatic rings. The molecule has 0 radical (unpaired) electrons. The third-order valence-electron chi connectivity index (χ3n) is 7.70. The molecule has 0 bridgehead atoms. The van der Waals surface area contributed by atoms with E-state index in [0.717, 1.165) is 63.4 Å². The molecule has 184 valence electrons. The van der Waals surface area contributed by atoms with Crippen molar-refractivity contribution in [2.75, 3.05) is 38.3 Å². The second-order valence-electron chi connectivity index (χ2n) is 9.78. The van der Waals surface area contributed by atoms with Gasteiger partial charge in [0.1, 0.15) is 0 Å². The van der Waals surface area contributed by atoms with E-state index in [9.17, 15) is 4.79 Å². The monoisotopic (exact) mass is 475 g/mol. The number of nitrogens with zero attached hydrogens (tertiary/aromatic N) is 6. The zero-order valence-corrected chi connectivity index (χ0v) is 20.5. The van der Waals surface area contributed by atoms with Crippen molar-refractivity contribution in [3.05, 3.63) is 53.0 Å². The second-order valence-corrected chi connectivity index (χ2v) is 9.78. The molecule has 9 nitrogen and oxygen atoms in total. The van der Waals surface area contributed by atoms with Crippen molar-refractivity contribution in [1.29, 1.82) is 0 Å². The highest BCUT2D eigenvalue weighted by Crippen LogP contribution is 2.38. The van der Waals surface area contributed by atoms with E-state index in [1.54, 1.807) is 7.05 Å². The van der Waals surface area contributed by atoms with Crippen LogP contribution >= 0.6 is 0 Å². The molecule has 9 heteroatoms. The van der Waals surface area contributed by atoms with Crippen LogP contribution in [0.1, 0.15) is 41.3 Å². The van der Waals surface area contributed by atoms with Gasteiger partial charge in [-0.15, -0.1) is 0 Å². The standard InChI is InChI=1S/C26H33N7O2/c1-27-26(34)32-11-7-24-23(17-32)25(29-33(24)19-8-12-35-13-9-19)22-5-3-4-18-15-31(10-6-21(18)22)20-14-28-30(2)16-20/h3-5,14,16,19H,6-13,15,17H2,1-2H3,(H,27,34). The molecular formula is C26H33N7O2. The molecule has 5 heterocycles. The van der Waals surface area contributed by atoms with E-state index in [4.69, 9.17) is 9.84 Å². The Hall–Kier alpha value is -3.33. The first-order chi connectivity index (χ1) is 17.1. The van der Waals surface area contributed by atoms with Crippen LogP contribution in [0.5, 0.6) is 0 Å². The summed E-state index contributed by atoms with van der Waals surface area (Å²) in [6.45, 7) is 4.69. The summed E-state index contributed by atoms with van der Waals surface area (Å²) in [6.07, 6.45) is 7.77. The molecule has 6 rings (SSSR count). The summed E-state index contributed by atoms with van der Waals surface area (Å²) in [4.78, 5) is 16.8. The molecule has 35 heavy (non-hydrogen) atoms. The number of ether oxygens (including phenoxy) is 1. The molecule has 0 spiro atoms. The van der Waals surface area contributed by atoms with Crippen LogP contribution < -0.4 is 10.2 Å². The van der Waals surface area contributed by atoms with Gasteiger partial charge < -0.3 is 19.9 Å². The Balaban J connectivity index is 1.40. The van der Waals surface area contributed by atoms with Crippen molar-refractivity contribution in [3.63, 3.8) is 0 Å². The minimum absolute atomic E-state index is 0.0254. The number of aryl methyl sites for hydroxylation is 1. The molecule has 1 saturated heterocycles. The lowest BCUT2D eigenvalue weighted by atomic mass is 9.90. The van der Waals surface area contributed by atoms with Gasteiger partial charge in [-0.3, -0.25) is 9.36 Å². The summed E-state index contributed by atoms with van der Waals surface area (Å²) in [5, 5.41) is 12.4. The molecule has 0 aliphatic carbocycles. The van der Waals surface area contributed by atoms with Crippen LogP contribution in [-0.4, -0.2) is 63.8 Å². The number of hydrogen-bond donors (Lipinski definition) is 1. The largest absolute Gasteiger partial charge is 0.381 e. The Morgan fingerprint density at radius 2 is 1.97 bits per heavy atom. The van der Waals surface area contributed by atoms with Crippen LogP contribution in [0.4, 0.5) is 10.5 Å². The third-order valence-corrected chi connectivity index (χ3v) is 7.70. The average Bonchev–Trinajstić information content (AvgIpc) is 3.51. The van der Waals surface area contributed by atoms with Gasteiger partial charge in [-0.1, -0.05) is 18.2 Å². The summed E-state index contributed by atoms with van der Waals surface area (Å²) in [6, 6.07) is 6.94. The molecule has 1 N–H and O–H groups in total. The van der Waals surface area contributed by atoms with E-state index in [-0.39, 0.29) is 6.03 Å². The highest BCUT2D eigenvalue weighted by molar-refractivity contribution is 5.76. The van der Waals surface area contributed by atoms with Crippen LogP contribution in [0.15, 0.2) is 30.6 Å². The molecule has 3 aliphatic rings. The fourth-order valence-corrected chi connectivity index (χ4v) is 5.85. The van der Waals surface area contributed by atoms with Crippen molar-refractivity contribution in [1.82, 2.24) is 29.8 Å². The lowest BCUT2D eigenvalue weighted by Gasteiger charge is -2.31. The number of aromatic nitrogens is 4. The van der Waals surface area contributed by atoms with Crippen molar-refractivity contribution in [2.24, 2.45) is 7.05 Å². The summed E-state index contributed by atoms with van der Waals surface area (Å²) in [5.41, 5.74) is 8.63. The Morgan fingerprint density at radius 1 is 1.11 bits per heavy atom. The first-order valence-corrected chi connectivity index (χ1v) is 12.6. The minimum atomic E-state index is -0.0254. The smallest absolute Gasteiger partial charge is 0.317 e. The molecule has 1 aromatic carbocycles. The maximum Gasteiger partial charge on any atom is 0.317 e. The maximum atomic E-state index is 12.5. The van der Waals surface area contributed by atoms with Gasteiger partial charge in [-0.25, -0.2) is 4.79 Å². The average molecular weight is 476 g/mol. The number of carbonyl (C=O) groups is 1. The van der Waals surface area contributed by atoms with E-state index in [1.165, 1.54) is 27.9 Å². The van der Waals surface area contributed by atoms with Gasteiger partial charge in [-0.05, 0) is 30.4 Å². The predicted octanol–water partition coefficient (Wildman–Crippen LogP) is 2.90. The Kier molecular flexibility index (Phi) is 5.72. The van der Waals surface area contributed by atoms with Crippen LogP contribution in [0, 0.1) is 0 Å². The van der Waals surface area contributed by atoms with E-state index in [2.05, 4.69) is 44.4 Å². The molecule has 1 fully saturated rings. The van der Waals surface area contributed by atoms with E-state index < -0.39 is 0 Å². The van der Waals surface area contributed by atoms with Crippen LogP contribution in [-0.2, 0) is 37.7 Å². The summed E-state index contributed by atoms with van der Waals surface area (Å²) < 4.78 is 9.76. The number of fused-ring (bicyclic) bond motifs is 2. The normalized spacial score (nSPS) is 18.3. The number of hydrogen-bond acceptors (Lipinski definition) is 5. The zero-order valence-electron chi connectivity index (χ0n) is 20.5. The molecule has 2 aromatic heterocycles. The fraction of sp³-hybridized carbons (Fsp3) is 0.500. The lowest BCUT2D eigenvalue weighted by Crippen LogP contribution is -2.41. The van der Waals surface area contributed by atoms with E-state index in [1.807, 2.05) is 22.8 Å². The zero-order chi connectivity index (χ0) is 23.9.